The lowest BCUT2D eigenvalue weighted by Crippen LogP contribution is -2.21. The Morgan fingerprint density at radius 1 is 0.545 bits per heavy atom. The Morgan fingerprint density at radius 3 is 1.45 bits per heavy atom. The predicted molar refractivity (Wildman–Crippen MR) is 190 cm³/mol. The molecule has 4 heteroatoms. The Morgan fingerprint density at radius 2 is 0.977 bits per heavy atom. The molecular formula is C40H68O4. The molecule has 0 aliphatic heterocycles. The van der Waals surface area contributed by atoms with E-state index in [-0.39, 0.29) is 12.4 Å². The van der Waals surface area contributed by atoms with Gasteiger partial charge < -0.3 is 9.84 Å². The molecule has 0 saturated heterocycles. The van der Waals surface area contributed by atoms with Crippen molar-refractivity contribution < 1.29 is 19.4 Å². The van der Waals surface area contributed by atoms with Crippen LogP contribution in [0.2, 0.25) is 0 Å². The van der Waals surface area contributed by atoms with Crippen LogP contribution in [0.1, 0.15) is 174 Å². The molecule has 0 rings (SSSR count). The maximum absolute atomic E-state index is 12.3. The number of carboxylic acid groups (broad SMARTS) is 1. The van der Waals surface area contributed by atoms with Crippen molar-refractivity contribution in [3.63, 3.8) is 0 Å². The molecule has 0 heterocycles. The van der Waals surface area contributed by atoms with Gasteiger partial charge in [0.1, 0.15) is 6.10 Å². The van der Waals surface area contributed by atoms with Crippen LogP contribution in [0, 0.1) is 0 Å². The average molecular weight is 613 g/mol. The summed E-state index contributed by atoms with van der Waals surface area (Å²) in [6.45, 7) is 4.41. The van der Waals surface area contributed by atoms with Crippen LogP contribution in [0.3, 0.4) is 0 Å². The summed E-state index contributed by atoms with van der Waals surface area (Å²) in [7, 11) is 0. The lowest BCUT2D eigenvalue weighted by atomic mass is 10.0. The Hall–Kier alpha value is -2.36. The third kappa shape index (κ3) is 34.1. The number of ether oxygens (including phenoxy) is 1. The number of carbonyl (C=O) groups excluding carboxylic acids is 1. The van der Waals surface area contributed by atoms with Crippen LogP contribution in [-0.4, -0.2) is 23.1 Å². The van der Waals surface area contributed by atoms with Gasteiger partial charge in [0.05, 0.1) is 6.42 Å². The van der Waals surface area contributed by atoms with Crippen molar-refractivity contribution in [2.75, 3.05) is 0 Å². The van der Waals surface area contributed by atoms with E-state index in [4.69, 9.17) is 4.74 Å². The maximum Gasteiger partial charge on any atom is 0.307 e. The molecule has 0 aromatic carbocycles. The van der Waals surface area contributed by atoms with E-state index in [1.54, 1.807) is 0 Å². The highest BCUT2D eigenvalue weighted by molar-refractivity contribution is 5.71. The fourth-order valence-corrected chi connectivity index (χ4v) is 5.11. The summed E-state index contributed by atoms with van der Waals surface area (Å²) in [6.07, 6.45) is 48.0. The van der Waals surface area contributed by atoms with Crippen molar-refractivity contribution in [3.8, 4) is 0 Å². The van der Waals surface area contributed by atoms with E-state index < -0.39 is 12.1 Å². The molecule has 0 amide bonds. The Labute approximate surface area is 272 Å². The summed E-state index contributed by atoms with van der Waals surface area (Å²) in [5.41, 5.74) is 0. The quantitative estimate of drug-likeness (QED) is 0.0466. The Bertz CT molecular complexity index is 789. The lowest BCUT2D eigenvalue weighted by molar-refractivity contribution is -0.153. The number of carbonyl (C=O) groups is 2. The van der Waals surface area contributed by atoms with Gasteiger partial charge in [-0.25, -0.2) is 0 Å². The van der Waals surface area contributed by atoms with E-state index in [0.29, 0.717) is 12.8 Å². The maximum atomic E-state index is 12.3. The van der Waals surface area contributed by atoms with E-state index in [9.17, 15) is 14.7 Å². The second-order valence-electron chi connectivity index (χ2n) is 12.0. The van der Waals surface area contributed by atoms with E-state index in [2.05, 4.69) is 74.6 Å². The van der Waals surface area contributed by atoms with Crippen molar-refractivity contribution in [1.82, 2.24) is 0 Å². The molecule has 0 aromatic rings. The SMILES string of the molecule is CC/C=C\C/C=C\C/C=C\C/C=C\C/C=C\CCCCCC(=O)OC(CCCCCCCCCCCCCCC)CC(=O)O. The molecule has 0 radical (unpaired) electrons. The molecule has 4 nitrogen and oxygen atoms in total. The monoisotopic (exact) mass is 613 g/mol. The van der Waals surface area contributed by atoms with Crippen LogP contribution in [0.15, 0.2) is 60.8 Å². The second kappa shape index (κ2) is 35.1. The molecule has 0 fully saturated rings. The first-order chi connectivity index (χ1) is 21.6. The van der Waals surface area contributed by atoms with Crippen LogP contribution >= 0.6 is 0 Å². The molecule has 0 aromatic heterocycles. The molecule has 1 N–H and O–H groups in total. The summed E-state index contributed by atoms with van der Waals surface area (Å²) < 4.78 is 5.55. The number of esters is 1. The summed E-state index contributed by atoms with van der Waals surface area (Å²) in [5, 5.41) is 9.24. The first-order valence-electron chi connectivity index (χ1n) is 18.3. The molecule has 0 aliphatic carbocycles. The standard InChI is InChI=1S/C40H68O4/c1-3-5-7-9-11-13-15-17-18-19-20-21-22-24-26-28-30-32-34-36-40(43)44-38(37-39(41)42)35-33-31-29-27-25-23-16-14-12-10-8-6-4-2/h5,7,11,13,17-18,20-21,24,26,38H,3-4,6,8-10,12,14-16,19,22-23,25,27-37H2,1-2H3,(H,41,42)/b7-5-,13-11-,18-17-,21-20-,26-24-. The van der Waals surface area contributed by atoms with Gasteiger partial charge in [0.25, 0.3) is 0 Å². The zero-order chi connectivity index (χ0) is 32.2. The molecule has 252 valence electrons. The van der Waals surface area contributed by atoms with Crippen LogP contribution in [0.25, 0.3) is 0 Å². The van der Waals surface area contributed by atoms with Gasteiger partial charge in [0, 0.05) is 6.42 Å². The number of allylic oxidation sites excluding steroid dienone is 10. The van der Waals surface area contributed by atoms with Gasteiger partial charge in [-0.3, -0.25) is 9.59 Å². The number of carboxylic acids is 1. The van der Waals surface area contributed by atoms with Crippen LogP contribution in [0.4, 0.5) is 0 Å². The largest absolute Gasteiger partial charge is 0.481 e. The molecule has 0 spiro atoms. The second-order valence-corrected chi connectivity index (χ2v) is 12.0. The first kappa shape index (κ1) is 41.6. The Kier molecular flexibility index (Phi) is 33.2. The van der Waals surface area contributed by atoms with Crippen LogP contribution < -0.4 is 0 Å². The van der Waals surface area contributed by atoms with Crippen molar-refractivity contribution in [3.05, 3.63) is 60.8 Å². The summed E-state index contributed by atoms with van der Waals surface area (Å²) in [5.74, 6) is -1.14. The molecule has 44 heavy (non-hydrogen) atoms. The minimum Gasteiger partial charge on any atom is -0.481 e. The van der Waals surface area contributed by atoms with Gasteiger partial charge in [-0.15, -0.1) is 0 Å². The Balaban J connectivity index is 3.78. The zero-order valence-electron chi connectivity index (χ0n) is 28.7. The molecule has 1 unspecified atom stereocenters. The number of hydrogen-bond donors (Lipinski definition) is 1. The number of unbranched alkanes of at least 4 members (excludes halogenated alkanes) is 15. The summed E-state index contributed by atoms with van der Waals surface area (Å²) in [6, 6.07) is 0. The highest BCUT2D eigenvalue weighted by Crippen LogP contribution is 2.16. The fourth-order valence-electron chi connectivity index (χ4n) is 5.11. The smallest absolute Gasteiger partial charge is 0.307 e. The van der Waals surface area contributed by atoms with Gasteiger partial charge in [0.2, 0.25) is 0 Å². The average Bonchev–Trinajstić information content (AvgIpc) is 3.00. The van der Waals surface area contributed by atoms with E-state index in [0.717, 1.165) is 70.6 Å². The highest BCUT2D eigenvalue weighted by atomic mass is 16.5. The third-order valence-electron chi connectivity index (χ3n) is 7.74. The first-order valence-corrected chi connectivity index (χ1v) is 18.3. The van der Waals surface area contributed by atoms with E-state index in [1.165, 1.54) is 70.6 Å². The molecule has 0 saturated carbocycles. The van der Waals surface area contributed by atoms with Gasteiger partial charge in [-0.2, -0.15) is 0 Å². The minimum atomic E-state index is -0.894. The number of rotatable bonds is 32. The summed E-state index contributed by atoms with van der Waals surface area (Å²) >= 11 is 0. The van der Waals surface area contributed by atoms with Crippen LogP contribution in [0.5, 0.6) is 0 Å². The topological polar surface area (TPSA) is 63.6 Å². The highest BCUT2D eigenvalue weighted by Gasteiger charge is 2.17. The van der Waals surface area contributed by atoms with Crippen molar-refractivity contribution in [2.24, 2.45) is 0 Å². The fraction of sp³-hybridized carbons (Fsp3) is 0.700. The van der Waals surface area contributed by atoms with Crippen molar-refractivity contribution in [1.29, 1.82) is 0 Å². The molecule has 0 aliphatic rings. The van der Waals surface area contributed by atoms with E-state index >= 15 is 0 Å². The van der Waals surface area contributed by atoms with Crippen molar-refractivity contribution in [2.45, 2.75) is 180 Å². The van der Waals surface area contributed by atoms with Crippen molar-refractivity contribution >= 4 is 11.9 Å². The van der Waals surface area contributed by atoms with Gasteiger partial charge in [0.15, 0.2) is 0 Å². The lowest BCUT2D eigenvalue weighted by Gasteiger charge is -2.16. The minimum absolute atomic E-state index is 0.0892. The van der Waals surface area contributed by atoms with Gasteiger partial charge in [-0.1, -0.05) is 158 Å². The summed E-state index contributed by atoms with van der Waals surface area (Å²) in [4.78, 5) is 23.6. The van der Waals surface area contributed by atoms with Gasteiger partial charge >= 0.3 is 11.9 Å². The molecule has 0 bridgehead atoms. The zero-order valence-corrected chi connectivity index (χ0v) is 28.7. The number of aliphatic carboxylic acids is 1. The normalized spacial score (nSPS) is 13.0. The third-order valence-corrected chi connectivity index (χ3v) is 7.74. The predicted octanol–water partition coefficient (Wildman–Crippen LogP) is 12.6. The van der Waals surface area contributed by atoms with E-state index in [1.807, 2.05) is 0 Å². The van der Waals surface area contributed by atoms with Gasteiger partial charge in [-0.05, 0) is 64.2 Å². The molecule has 1 atom stereocenters. The van der Waals surface area contributed by atoms with Crippen LogP contribution in [-0.2, 0) is 14.3 Å². The molecular weight excluding hydrogens is 544 g/mol. The number of hydrogen-bond acceptors (Lipinski definition) is 3.